The highest BCUT2D eigenvalue weighted by Gasteiger charge is 2.23. The van der Waals surface area contributed by atoms with Crippen molar-refractivity contribution in [2.24, 2.45) is 5.73 Å². The first-order valence-corrected chi connectivity index (χ1v) is 5.44. The third-order valence-electron chi connectivity index (χ3n) is 2.79. The van der Waals surface area contributed by atoms with Gasteiger partial charge in [-0.25, -0.2) is 0 Å². The summed E-state index contributed by atoms with van der Waals surface area (Å²) in [7, 11) is 0. The molecule has 0 aromatic heterocycles. The highest BCUT2D eigenvalue weighted by atomic mass is 35.5. The number of rotatable bonds is 3. The zero-order valence-electron chi connectivity index (χ0n) is 8.48. The summed E-state index contributed by atoms with van der Waals surface area (Å²) in [4.78, 5) is 0. The molecule has 1 atom stereocenters. The Morgan fingerprint density at radius 1 is 1.21 bits per heavy atom. The van der Waals surface area contributed by atoms with Crippen molar-refractivity contribution in [1.82, 2.24) is 0 Å². The molecule has 0 saturated heterocycles. The Morgan fingerprint density at radius 2 is 1.71 bits per heavy atom. The van der Waals surface area contributed by atoms with Crippen molar-refractivity contribution in [3.05, 3.63) is 33.8 Å². The number of hydrogen-bond donors (Lipinski definition) is 1. The van der Waals surface area contributed by atoms with E-state index in [9.17, 15) is 0 Å². The average molecular weight is 232 g/mol. The minimum absolute atomic E-state index is 0.0332. The molecule has 1 unspecified atom stereocenters. The molecule has 0 fully saturated rings. The second-order valence-electron chi connectivity index (χ2n) is 3.78. The smallest absolute Gasteiger partial charge is 0.0423 e. The molecular weight excluding hydrogens is 217 g/mol. The summed E-state index contributed by atoms with van der Waals surface area (Å²) in [6.45, 7) is 4.83. The fourth-order valence-corrected chi connectivity index (χ4v) is 1.89. The van der Waals surface area contributed by atoms with Gasteiger partial charge in [0.25, 0.3) is 0 Å². The lowest BCUT2D eigenvalue weighted by Gasteiger charge is -2.27. The van der Waals surface area contributed by atoms with Gasteiger partial charge in [0.1, 0.15) is 0 Å². The molecule has 0 bridgehead atoms. The van der Waals surface area contributed by atoms with Crippen LogP contribution in [0.3, 0.4) is 0 Å². The Labute approximate surface area is 95.2 Å². The molecule has 0 aliphatic heterocycles. The predicted octanol–water partition coefficient (Wildman–Crippen LogP) is 3.62. The highest BCUT2D eigenvalue weighted by molar-refractivity contribution is 6.34. The SMILES string of the molecule is CCC(C)(CN)c1cc(Cl)cc(Cl)c1. The average Bonchev–Trinajstić information content (AvgIpc) is 2.15. The Kier molecular flexibility index (Phi) is 3.82. The van der Waals surface area contributed by atoms with Crippen molar-refractivity contribution in [2.45, 2.75) is 25.7 Å². The van der Waals surface area contributed by atoms with Gasteiger partial charge >= 0.3 is 0 Å². The van der Waals surface area contributed by atoms with E-state index in [0.717, 1.165) is 12.0 Å². The van der Waals surface area contributed by atoms with E-state index >= 15 is 0 Å². The lowest BCUT2D eigenvalue weighted by atomic mass is 9.80. The molecule has 0 amide bonds. The van der Waals surface area contributed by atoms with Gasteiger partial charge in [-0.3, -0.25) is 0 Å². The summed E-state index contributed by atoms with van der Waals surface area (Å²) in [5, 5.41) is 1.33. The molecule has 3 heteroatoms. The van der Waals surface area contributed by atoms with Gasteiger partial charge in [-0.15, -0.1) is 0 Å². The van der Waals surface area contributed by atoms with Gasteiger partial charge < -0.3 is 5.73 Å². The van der Waals surface area contributed by atoms with Crippen molar-refractivity contribution in [2.75, 3.05) is 6.54 Å². The third kappa shape index (κ3) is 2.41. The van der Waals surface area contributed by atoms with E-state index in [4.69, 9.17) is 28.9 Å². The summed E-state index contributed by atoms with van der Waals surface area (Å²) >= 11 is 11.9. The Morgan fingerprint density at radius 3 is 2.07 bits per heavy atom. The van der Waals surface area contributed by atoms with Gasteiger partial charge in [0.15, 0.2) is 0 Å². The van der Waals surface area contributed by atoms with Crippen LogP contribution in [0.25, 0.3) is 0 Å². The van der Waals surface area contributed by atoms with E-state index in [0.29, 0.717) is 16.6 Å². The van der Waals surface area contributed by atoms with Crippen molar-refractivity contribution < 1.29 is 0 Å². The summed E-state index contributed by atoms with van der Waals surface area (Å²) in [6.07, 6.45) is 0.972. The van der Waals surface area contributed by atoms with Crippen LogP contribution in [0.2, 0.25) is 10.0 Å². The molecule has 0 aliphatic carbocycles. The Bertz CT molecular complexity index is 299. The molecule has 1 aromatic carbocycles. The molecule has 0 saturated carbocycles. The fraction of sp³-hybridized carbons (Fsp3) is 0.455. The first-order valence-electron chi connectivity index (χ1n) is 4.68. The molecule has 0 aliphatic rings. The minimum Gasteiger partial charge on any atom is -0.330 e. The zero-order valence-corrected chi connectivity index (χ0v) is 9.99. The lowest BCUT2D eigenvalue weighted by molar-refractivity contribution is 0.467. The van der Waals surface area contributed by atoms with Crippen LogP contribution in [0.15, 0.2) is 18.2 Å². The molecule has 1 aromatic rings. The monoisotopic (exact) mass is 231 g/mol. The molecule has 0 heterocycles. The van der Waals surface area contributed by atoms with Gasteiger partial charge in [-0.05, 0) is 30.2 Å². The van der Waals surface area contributed by atoms with Crippen LogP contribution < -0.4 is 5.73 Å². The summed E-state index contributed by atoms with van der Waals surface area (Å²) in [5.74, 6) is 0. The van der Waals surface area contributed by atoms with Gasteiger partial charge in [0.05, 0.1) is 0 Å². The molecule has 1 rings (SSSR count). The summed E-state index contributed by atoms with van der Waals surface area (Å²) in [6, 6.07) is 5.60. The van der Waals surface area contributed by atoms with E-state index in [-0.39, 0.29) is 5.41 Å². The molecular formula is C11H15Cl2N. The van der Waals surface area contributed by atoms with Crippen LogP contribution in [0.1, 0.15) is 25.8 Å². The van der Waals surface area contributed by atoms with Gasteiger partial charge in [0.2, 0.25) is 0 Å². The van der Waals surface area contributed by atoms with Crippen molar-refractivity contribution in [3.8, 4) is 0 Å². The zero-order chi connectivity index (χ0) is 10.8. The number of hydrogen-bond acceptors (Lipinski definition) is 1. The lowest BCUT2D eigenvalue weighted by Crippen LogP contribution is -2.30. The molecule has 78 valence electrons. The van der Waals surface area contributed by atoms with Gasteiger partial charge in [0, 0.05) is 22.0 Å². The highest BCUT2D eigenvalue weighted by Crippen LogP contribution is 2.30. The fourth-order valence-electron chi connectivity index (χ4n) is 1.37. The normalized spacial score (nSPS) is 15.2. The van der Waals surface area contributed by atoms with E-state index in [1.165, 1.54) is 0 Å². The minimum atomic E-state index is -0.0332. The maximum Gasteiger partial charge on any atom is 0.0423 e. The van der Waals surface area contributed by atoms with E-state index in [2.05, 4.69) is 13.8 Å². The molecule has 2 N–H and O–H groups in total. The molecule has 14 heavy (non-hydrogen) atoms. The van der Waals surface area contributed by atoms with Crippen LogP contribution in [-0.4, -0.2) is 6.54 Å². The van der Waals surface area contributed by atoms with Crippen LogP contribution in [0.5, 0.6) is 0 Å². The predicted molar refractivity (Wildman–Crippen MR) is 63.2 cm³/mol. The second-order valence-corrected chi connectivity index (χ2v) is 4.65. The molecule has 0 radical (unpaired) electrons. The molecule has 1 nitrogen and oxygen atoms in total. The Balaban J connectivity index is 3.17. The third-order valence-corrected chi connectivity index (χ3v) is 3.23. The Hall–Kier alpha value is -0.240. The summed E-state index contributed by atoms with van der Waals surface area (Å²) in [5.41, 5.74) is 6.84. The van der Waals surface area contributed by atoms with E-state index < -0.39 is 0 Å². The van der Waals surface area contributed by atoms with Crippen LogP contribution in [0.4, 0.5) is 0 Å². The molecule has 0 spiro atoms. The van der Waals surface area contributed by atoms with Crippen molar-refractivity contribution >= 4 is 23.2 Å². The standard InChI is InChI=1S/C11H15Cl2N/c1-3-11(2,7-14)8-4-9(12)6-10(13)5-8/h4-6H,3,7,14H2,1-2H3. The second kappa shape index (κ2) is 4.52. The number of halogens is 2. The number of benzene rings is 1. The van der Waals surface area contributed by atoms with E-state index in [1.54, 1.807) is 6.07 Å². The van der Waals surface area contributed by atoms with Gasteiger partial charge in [-0.2, -0.15) is 0 Å². The van der Waals surface area contributed by atoms with E-state index in [1.807, 2.05) is 12.1 Å². The van der Waals surface area contributed by atoms with Crippen LogP contribution in [-0.2, 0) is 5.41 Å². The van der Waals surface area contributed by atoms with Crippen LogP contribution >= 0.6 is 23.2 Å². The van der Waals surface area contributed by atoms with Crippen molar-refractivity contribution in [3.63, 3.8) is 0 Å². The number of nitrogens with two attached hydrogens (primary N) is 1. The summed E-state index contributed by atoms with van der Waals surface area (Å²) < 4.78 is 0. The quantitative estimate of drug-likeness (QED) is 0.846. The maximum atomic E-state index is 5.94. The van der Waals surface area contributed by atoms with Gasteiger partial charge in [-0.1, -0.05) is 37.0 Å². The maximum absolute atomic E-state index is 5.94. The first kappa shape index (κ1) is 11.8. The largest absolute Gasteiger partial charge is 0.330 e. The van der Waals surface area contributed by atoms with Crippen LogP contribution in [0, 0.1) is 0 Å². The topological polar surface area (TPSA) is 26.0 Å². The first-order chi connectivity index (χ1) is 6.51. The van der Waals surface area contributed by atoms with Crippen molar-refractivity contribution in [1.29, 1.82) is 0 Å².